The lowest BCUT2D eigenvalue weighted by Gasteiger charge is -2.40. The Kier molecular flexibility index (Phi) is 3.83. The van der Waals surface area contributed by atoms with Gasteiger partial charge in [0.1, 0.15) is 11.9 Å². The van der Waals surface area contributed by atoms with Gasteiger partial charge < -0.3 is 14.6 Å². The Morgan fingerprint density at radius 2 is 1.90 bits per heavy atom. The van der Waals surface area contributed by atoms with E-state index in [1.54, 1.807) is 6.07 Å². The zero-order valence-electron chi connectivity index (χ0n) is 11.6. The molecule has 0 amide bonds. The van der Waals surface area contributed by atoms with E-state index >= 15 is 0 Å². The SMILES string of the molecule is O=C(O)c1ccc(C(O)C2CCC3CCCCC3C2)o1. The van der Waals surface area contributed by atoms with E-state index < -0.39 is 12.1 Å². The number of carbonyl (C=O) groups is 1. The molecule has 2 saturated carbocycles. The fourth-order valence-electron chi connectivity index (χ4n) is 4.06. The topological polar surface area (TPSA) is 70.7 Å². The monoisotopic (exact) mass is 278 g/mol. The highest BCUT2D eigenvalue weighted by molar-refractivity contribution is 5.84. The van der Waals surface area contributed by atoms with Crippen molar-refractivity contribution in [2.75, 3.05) is 0 Å². The highest BCUT2D eigenvalue weighted by atomic mass is 16.4. The van der Waals surface area contributed by atoms with E-state index in [2.05, 4.69) is 0 Å². The summed E-state index contributed by atoms with van der Waals surface area (Å²) >= 11 is 0. The smallest absolute Gasteiger partial charge is 0.371 e. The van der Waals surface area contributed by atoms with Gasteiger partial charge in [0.25, 0.3) is 0 Å². The fraction of sp³-hybridized carbons (Fsp3) is 0.688. The lowest BCUT2D eigenvalue weighted by molar-refractivity contribution is 0.0217. The molecule has 0 radical (unpaired) electrons. The Morgan fingerprint density at radius 1 is 1.15 bits per heavy atom. The predicted molar refractivity (Wildman–Crippen MR) is 73.4 cm³/mol. The van der Waals surface area contributed by atoms with Gasteiger partial charge in [-0.3, -0.25) is 0 Å². The van der Waals surface area contributed by atoms with Crippen LogP contribution in [0, 0.1) is 17.8 Å². The van der Waals surface area contributed by atoms with Crippen LogP contribution in [0.3, 0.4) is 0 Å². The van der Waals surface area contributed by atoms with Crippen molar-refractivity contribution in [2.24, 2.45) is 17.8 Å². The fourth-order valence-corrected chi connectivity index (χ4v) is 4.06. The summed E-state index contributed by atoms with van der Waals surface area (Å²) in [6.07, 6.45) is 7.90. The number of aromatic carboxylic acids is 1. The summed E-state index contributed by atoms with van der Waals surface area (Å²) in [4.78, 5) is 10.8. The second-order valence-corrected chi connectivity index (χ2v) is 6.33. The number of aliphatic hydroxyl groups excluding tert-OH is 1. The third-order valence-electron chi connectivity index (χ3n) is 5.16. The first-order valence-corrected chi connectivity index (χ1v) is 7.66. The van der Waals surface area contributed by atoms with Crippen LogP contribution in [-0.2, 0) is 0 Å². The number of carboxylic acid groups (broad SMARTS) is 1. The Morgan fingerprint density at radius 3 is 2.60 bits per heavy atom. The first kappa shape index (κ1) is 13.7. The molecule has 4 unspecified atom stereocenters. The van der Waals surface area contributed by atoms with Gasteiger partial charge in [-0.05, 0) is 49.1 Å². The molecule has 2 fully saturated rings. The van der Waals surface area contributed by atoms with Crippen LogP contribution >= 0.6 is 0 Å². The normalized spacial score (nSPS) is 31.6. The third-order valence-corrected chi connectivity index (χ3v) is 5.16. The summed E-state index contributed by atoms with van der Waals surface area (Å²) in [6, 6.07) is 3.02. The number of hydrogen-bond acceptors (Lipinski definition) is 3. The Balaban J connectivity index is 1.67. The summed E-state index contributed by atoms with van der Waals surface area (Å²) in [7, 11) is 0. The maximum Gasteiger partial charge on any atom is 0.371 e. The standard InChI is InChI=1S/C16H22O4/c17-15(13-7-8-14(20-13)16(18)19)12-6-5-10-3-1-2-4-11(10)9-12/h7-8,10-12,15,17H,1-6,9H2,(H,18,19). The van der Waals surface area contributed by atoms with E-state index in [1.165, 1.54) is 38.2 Å². The number of furan rings is 1. The van der Waals surface area contributed by atoms with Crippen LogP contribution < -0.4 is 0 Å². The largest absolute Gasteiger partial charge is 0.475 e. The van der Waals surface area contributed by atoms with Crippen LogP contribution in [0.1, 0.15) is 67.4 Å². The lowest BCUT2D eigenvalue weighted by atomic mass is 9.66. The third kappa shape index (κ3) is 2.62. The molecule has 0 bridgehead atoms. The van der Waals surface area contributed by atoms with Crippen molar-refractivity contribution in [2.45, 2.75) is 51.0 Å². The van der Waals surface area contributed by atoms with Crippen LogP contribution in [0.15, 0.2) is 16.5 Å². The van der Waals surface area contributed by atoms with Crippen molar-refractivity contribution in [1.29, 1.82) is 0 Å². The summed E-state index contributed by atoms with van der Waals surface area (Å²) in [5, 5.41) is 19.3. The van der Waals surface area contributed by atoms with Gasteiger partial charge in [-0.2, -0.15) is 0 Å². The zero-order valence-corrected chi connectivity index (χ0v) is 11.6. The molecule has 1 heterocycles. The first-order valence-electron chi connectivity index (χ1n) is 7.66. The van der Waals surface area contributed by atoms with Crippen LogP contribution in [0.2, 0.25) is 0 Å². The van der Waals surface area contributed by atoms with Crippen LogP contribution in [0.5, 0.6) is 0 Å². The Hall–Kier alpha value is -1.29. The second kappa shape index (κ2) is 5.60. The van der Waals surface area contributed by atoms with Gasteiger partial charge in [0.15, 0.2) is 0 Å². The molecule has 0 saturated heterocycles. The van der Waals surface area contributed by atoms with Crippen LogP contribution in [-0.4, -0.2) is 16.2 Å². The van der Waals surface area contributed by atoms with Crippen molar-refractivity contribution in [3.05, 3.63) is 23.7 Å². The molecule has 1 aromatic heterocycles. The Bertz CT molecular complexity index is 479. The van der Waals surface area contributed by atoms with Gasteiger partial charge in [-0.15, -0.1) is 0 Å². The highest BCUT2D eigenvalue weighted by Gasteiger charge is 2.36. The van der Waals surface area contributed by atoms with Crippen LogP contribution in [0.25, 0.3) is 0 Å². The molecule has 0 aromatic carbocycles. The minimum absolute atomic E-state index is 0.0922. The summed E-state index contributed by atoms with van der Waals surface area (Å²) in [5.41, 5.74) is 0. The van der Waals surface area contributed by atoms with E-state index in [0.29, 0.717) is 5.76 Å². The number of carboxylic acids is 1. The van der Waals surface area contributed by atoms with Crippen molar-refractivity contribution < 1.29 is 19.4 Å². The van der Waals surface area contributed by atoms with Crippen LogP contribution in [0.4, 0.5) is 0 Å². The number of fused-ring (bicyclic) bond motifs is 1. The molecule has 2 N–H and O–H groups in total. The molecule has 4 heteroatoms. The second-order valence-electron chi connectivity index (χ2n) is 6.33. The molecule has 0 aliphatic heterocycles. The maximum atomic E-state index is 10.8. The van der Waals surface area contributed by atoms with Crippen molar-refractivity contribution in [3.63, 3.8) is 0 Å². The maximum absolute atomic E-state index is 10.8. The molecule has 4 nitrogen and oxygen atoms in total. The van der Waals surface area contributed by atoms with E-state index in [-0.39, 0.29) is 11.7 Å². The Labute approximate surface area is 118 Å². The molecule has 1 aromatic rings. The predicted octanol–water partition coefficient (Wildman–Crippen LogP) is 3.62. The van der Waals surface area contributed by atoms with E-state index in [1.807, 2.05) is 0 Å². The zero-order chi connectivity index (χ0) is 14.1. The molecule has 3 rings (SSSR count). The van der Waals surface area contributed by atoms with E-state index in [9.17, 15) is 9.90 Å². The average molecular weight is 278 g/mol. The molecule has 110 valence electrons. The van der Waals surface area contributed by atoms with Gasteiger partial charge in [0.05, 0.1) is 0 Å². The summed E-state index contributed by atoms with van der Waals surface area (Å²) < 4.78 is 5.25. The van der Waals surface area contributed by atoms with Crippen molar-refractivity contribution in [3.8, 4) is 0 Å². The molecular formula is C16H22O4. The molecule has 4 atom stereocenters. The van der Waals surface area contributed by atoms with E-state index in [0.717, 1.165) is 24.7 Å². The molecule has 2 aliphatic rings. The van der Waals surface area contributed by atoms with Crippen molar-refractivity contribution >= 4 is 5.97 Å². The van der Waals surface area contributed by atoms with Gasteiger partial charge >= 0.3 is 5.97 Å². The minimum atomic E-state index is -1.08. The molecule has 2 aliphatic carbocycles. The van der Waals surface area contributed by atoms with Gasteiger partial charge in [0, 0.05) is 0 Å². The number of aliphatic hydroxyl groups is 1. The summed E-state index contributed by atoms with van der Waals surface area (Å²) in [6.45, 7) is 0. The number of rotatable bonds is 3. The minimum Gasteiger partial charge on any atom is -0.475 e. The molecule has 0 spiro atoms. The highest BCUT2D eigenvalue weighted by Crippen LogP contribution is 2.46. The lowest BCUT2D eigenvalue weighted by Crippen LogP contribution is -2.30. The average Bonchev–Trinajstić information content (AvgIpc) is 2.96. The van der Waals surface area contributed by atoms with Gasteiger partial charge in [-0.25, -0.2) is 4.79 Å². The van der Waals surface area contributed by atoms with Crippen molar-refractivity contribution in [1.82, 2.24) is 0 Å². The first-order chi connectivity index (χ1) is 9.65. The molecular weight excluding hydrogens is 256 g/mol. The number of hydrogen-bond donors (Lipinski definition) is 2. The quantitative estimate of drug-likeness (QED) is 0.886. The van der Waals surface area contributed by atoms with Gasteiger partial charge in [-0.1, -0.05) is 25.7 Å². The molecule has 20 heavy (non-hydrogen) atoms. The van der Waals surface area contributed by atoms with E-state index in [4.69, 9.17) is 9.52 Å². The van der Waals surface area contributed by atoms with Gasteiger partial charge in [0.2, 0.25) is 5.76 Å². The summed E-state index contributed by atoms with van der Waals surface area (Å²) in [5.74, 6) is 1.03.